The third kappa shape index (κ3) is 6.02. The van der Waals surface area contributed by atoms with Gasteiger partial charge in [0.05, 0.1) is 0 Å². The Morgan fingerprint density at radius 3 is 2.53 bits per heavy atom. The molecule has 1 N–H and O–H groups in total. The van der Waals surface area contributed by atoms with E-state index in [4.69, 9.17) is 11.6 Å². The second-order valence-corrected chi connectivity index (χ2v) is 6.23. The molecule has 0 aliphatic heterocycles. The van der Waals surface area contributed by atoms with Gasteiger partial charge in [-0.15, -0.1) is 11.6 Å². The van der Waals surface area contributed by atoms with Crippen LogP contribution < -0.4 is 4.72 Å². The first-order valence-electron chi connectivity index (χ1n) is 5.29. The molecule has 1 rings (SSSR count). The summed E-state index contributed by atoms with van der Waals surface area (Å²) in [6.45, 7) is 1.81. The second-order valence-electron chi connectivity index (χ2n) is 3.84. The van der Waals surface area contributed by atoms with E-state index >= 15 is 0 Å². The summed E-state index contributed by atoms with van der Waals surface area (Å²) in [6.07, 6.45) is 0. The lowest BCUT2D eigenvalue weighted by molar-refractivity contribution is 0.332. The van der Waals surface area contributed by atoms with Gasteiger partial charge in [0.25, 0.3) is 0 Å². The lowest BCUT2D eigenvalue weighted by atomic mass is 10.2. The number of likely N-dealkylation sites (N-methyl/N-ethyl adjacent to an activating group) is 1. The van der Waals surface area contributed by atoms with Gasteiger partial charge in [-0.05, 0) is 12.6 Å². The largest absolute Gasteiger partial charge is 0.301 e. The molecule has 6 heteroatoms. The third-order valence-electron chi connectivity index (χ3n) is 2.25. The van der Waals surface area contributed by atoms with Gasteiger partial charge in [0.1, 0.15) is 5.21 Å². The maximum atomic E-state index is 11.1. The van der Waals surface area contributed by atoms with Crippen LogP contribution in [0.3, 0.4) is 0 Å². The van der Waals surface area contributed by atoms with Crippen LogP contribution in [0.15, 0.2) is 30.3 Å². The van der Waals surface area contributed by atoms with E-state index in [-0.39, 0.29) is 0 Å². The first-order valence-corrected chi connectivity index (χ1v) is 7.48. The van der Waals surface area contributed by atoms with Crippen LogP contribution in [0.5, 0.6) is 0 Å². The summed E-state index contributed by atoms with van der Waals surface area (Å²) in [5.41, 5.74) is 1.20. The molecule has 0 spiro atoms. The highest BCUT2D eigenvalue weighted by molar-refractivity contribution is 7.90. The van der Waals surface area contributed by atoms with Gasteiger partial charge in [-0.3, -0.25) is 0 Å². The molecule has 0 atom stereocenters. The number of hydrogen-bond donors (Lipinski definition) is 1. The molecule has 0 radical (unpaired) electrons. The van der Waals surface area contributed by atoms with Crippen molar-refractivity contribution in [2.24, 2.45) is 0 Å². The Kier molecular flexibility index (Phi) is 5.91. The fraction of sp³-hybridized carbons (Fsp3) is 0.455. The molecule has 4 nitrogen and oxygen atoms in total. The summed E-state index contributed by atoms with van der Waals surface area (Å²) >= 11 is 5.27. The molecule has 17 heavy (non-hydrogen) atoms. The molecule has 1 aromatic carbocycles. The highest BCUT2D eigenvalue weighted by atomic mass is 35.5. The molecule has 0 aromatic heterocycles. The summed E-state index contributed by atoms with van der Waals surface area (Å²) in [4.78, 5) is 2.05. The lowest BCUT2D eigenvalue weighted by Gasteiger charge is -2.16. The number of halogens is 1. The van der Waals surface area contributed by atoms with Crippen molar-refractivity contribution in [2.45, 2.75) is 6.54 Å². The number of sulfonamides is 1. The number of hydrogen-bond acceptors (Lipinski definition) is 3. The van der Waals surface area contributed by atoms with Crippen molar-refractivity contribution in [2.75, 3.05) is 25.3 Å². The summed E-state index contributed by atoms with van der Waals surface area (Å²) in [7, 11) is -1.35. The number of benzene rings is 1. The first-order chi connectivity index (χ1) is 8.03. The second kappa shape index (κ2) is 6.96. The van der Waals surface area contributed by atoms with Crippen LogP contribution in [-0.2, 0) is 16.6 Å². The minimum atomic E-state index is -3.30. The van der Waals surface area contributed by atoms with Gasteiger partial charge < -0.3 is 4.90 Å². The van der Waals surface area contributed by atoms with E-state index in [9.17, 15) is 8.42 Å². The minimum absolute atomic E-state index is 0.373. The van der Waals surface area contributed by atoms with Crippen molar-refractivity contribution in [3.8, 4) is 0 Å². The Morgan fingerprint density at radius 1 is 1.29 bits per heavy atom. The molecule has 0 bridgehead atoms. The molecule has 0 amide bonds. The normalized spacial score (nSPS) is 11.9. The molecule has 0 aliphatic rings. The van der Waals surface area contributed by atoms with Crippen molar-refractivity contribution in [3.63, 3.8) is 0 Å². The van der Waals surface area contributed by atoms with Crippen LogP contribution in [0.25, 0.3) is 0 Å². The van der Waals surface area contributed by atoms with E-state index < -0.39 is 15.2 Å². The van der Waals surface area contributed by atoms with Crippen LogP contribution in [0, 0.1) is 0 Å². The zero-order valence-corrected chi connectivity index (χ0v) is 11.3. The number of rotatable bonds is 7. The Morgan fingerprint density at radius 2 is 1.94 bits per heavy atom. The minimum Gasteiger partial charge on any atom is -0.301 e. The number of nitrogens with one attached hydrogen (secondary N) is 1. The zero-order chi connectivity index (χ0) is 12.7. The number of alkyl halides is 1. The monoisotopic (exact) mass is 276 g/mol. The van der Waals surface area contributed by atoms with Crippen molar-refractivity contribution in [1.82, 2.24) is 9.62 Å². The van der Waals surface area contributed by atoms with Gasteiger partial charge in [0.15, 0.2) is 0 Å². The Labute approximate surface area is 108 Å². The van der Waals surface area contributed by atoms with Crippen molar-refractivity contribution in [1.29, 1.82) is 0 Å². The Balaban J connectivity index is 2.29. The maximum absolute atomic E-state index is 11.1. The first kappa shape index (κ1) is 14.4. The van der Waals surface area contributed by atoms with Crippen molar-refractivity contribution in [3.05, 3.63) is 35.9 Å². The standard InChI is InChI=1S/C11H17ClN2O2S/c1-14(8-7-13-17(15,16)10-12)9-11-5-3-2-4-6-11/h2-6,13H,7-10H2,1H3. The SMILES string of the molecule is CN(CCNS(=O)(=O)CCl)Cc1ccccc1. The molecule has 0 heterocycles. The zero-order valence-electron chi connectivity index (χ0n) is 9.77. The predicted octanol–water partition coefficient (Wildman–Crippen LogP) is 1.23. The van der Waals surface area contributed by atoms with Crippen LogP contribution >= 0.6 is 11.6 Å². The van der Waals surface area contributed by atoms with E-state index in [0.717, 1.165) is 6.54 Å². The smallest absolute Gasteiger partial charge is 0.225 e. The summed E-state index contributed by atoms with van der Waals surface area (Å²) in [5.74, 6) is 0. The summed E-state index contributed by atoms with van der Waals surface area (Å²) in [5, 5.41) is -0.393. The quantitative estimate of drug-likeness (QED) is 0.762. The predicted molar refractivity (Wildman–Crippen MR) is 70.4 cm³/mol. The van der Waals surface area contributed by atoms with E-state index in [1.807, 2.05) is 42.3 Å². The van der Waals surface area contributed by atoms with Gasteiger partial charge in [0, 0.05) is 19.6 Å². The maximum Gasteiger partial charge on any atom is 0.225 e. The van der Waals surface area contributed by atoms with Gasteiger partial charge in [-0.25, -0.2) is 13.1 Å². The summed E-state index contributed by atoms with van der Waals surface area (Å²) < 4.78 is 24.6. The fourth-order valence-electron chi connectivity index (χ4n) is 1.40. The Bertz CT molecular complexity index is 422. The molecule has 1 aromatic rings. The fourth-order valence-corrected chi connectivity index (χ4v) is 2.12. The van der Waals surface area contributed by atoms with Gasteiger partial charge in [-0.1, -0.05) is 30.3 Å². The summed E-state index contributed by atoms with van der Waals surface area (Å²) in [6, 6.07) is 10.0. The highest BCUT2D eigenvalue weighted by Crippen LogP contribution is 2.01. The van der Waals surface area contributed by atoms with Gasteiger partial charge in [0.2, 0.25) is 10.0 Å². The molecule has 96 valence electrons. The van der Waals surface area contributed by atoms with Crippen LogP contribution in [0.1, 0.15) is 5.56 Å². The lowest BCUT2D eigenvalue weighted by Crippen LogP contribution is -2.33. The van der Waals surface area contributed by atoms with Crippen molar-refractivity contribution >= 4 is 21.6 Å². The van der Waals surface area contributed by atoms with Crippen LogP contribution in [-0.4, -0.2) is 38.7 Å². The third-order valence-corrected chi connectivity index (χ3v) is 4.05. The number of nitrogens with zero attached hydrogens (tertiary/aromatic N) is 1. The topological polar surface area (TPSA) is 49.4 Å². The molecular weight excluding hydrogens is 260 g/mol. The molecule has 0 aliphatic carbocycles. The van der Waals surface area contributed by atoms with E-state index in [2.05, 4.69) is 4.72 Å². The van der Waals surface area contributed by atoms with Gasteiger partial charge in [-0.2, -0.15) is 0 Å². The average molecular weight is 277 g/mol. The molecule has 0 saturated heterocycles. The highest BCUT2D eigenvalue weighted by Gasteiger charge is 2.07. The average Bonchev–Trinajstić information content (AvgIpc) is 2.30. The van der Waals surface area contributed by atoms with E-state index in [1.54, 1.807) is 0 Å². The molecule has 0 unspecified atom stereocenters. The van der Waals surface area contributed by atoms with E-state index in [0.29, 0.717) is 13.1 Å². The molecular formula is C11H17ClN2O2S. The van der Waals surface area contributed by atoms with E-state index in [1.165, 1.54) is 5.56 Å². The Hall–Kier alpha value is -0.620. The van der Waals surface area contributed by atoms with Gasteiger partial charge >= 0.3 is 0 Å². The van der Waals surface area contributed by atoms with Crippen LogP contribution in [0.2, 0.25) is 0 Å². The van der Waals surface area contributed by atoms with Crippen molar-refractivity contribution < 1.29 is 8.42 Å². The molecule has 0 fully saturated rings. The molecule has 0 saturated carbocycles. The van der Waals surface area contributed by atoms with Crippen LogP contribution in [0.4, 0.5) is 0 Å².